The third-order valence-electron chi connectivity index (χ3n) is 2.63. The molecule has 5 heteroatoms. The van der Waals surface area contributed by atoms with Gasteiger partial charge in [0, 0.05) is 11.9 Å². The molecular weight excluding hydrogens is 214 g/mol. The highest BCUT2D eigenvalue weighted by Crippen LogP contribution is 2.16. The number of rotatable bonds is 2. The van der Waals surface area contributed by atoms with Gasteiger partial charge in [-0.25, -0.2) is 4.68 Å². The summed E-state index contributed by atoms with van der Waals surface area (Å²) in [4.78, 5) is 4.45. The van der Waals surface area contributed by atoms with Crippen molar-refractivity contribution < 1.29 is 0 Å². The van der Waals surface area contributed by atoms with Crippen LogP contribution in [0.25, 0.3) is 16.6 Å². The second-order valence-electron chi connectivity index (χ2n) is 3.73. The van der Waals surface area contributed by atoms with Crippen LogP contribution >= 0.6 is 0 Å². The number of hydrogen-bond acceptors (Lipinski definition) is 4. The minimum absolute atomic E-state index is 0.459. The van der Waals surface area contributed by atoms with Crippen LogP contribution in [0.4, 0.5) is 0 Å². The Balaban J connectivity index is 2.14. The van der Waals surface area contributed by atoms with Gasteiger partial charge in [-0.1, -0.05) is 11.3 Å². The molecule has 3 rings (SSSR count). The molecule has 2 aromatic heterocycles. The first kappa shape index (κ1) is 9.92. The quantitative estimate of drug-likeness (QED) is 0.713. The van der Waals surface area contributed by atoms with Gasteiger partial charge in [0.05, 0.1) is 29.3 Å². The Labute approximate surface area is 97.9 Å². The molecular formula is C12H11N5. The van der Waals surface area contributed by atoms with Crippen LogP contribution < -0.4 is 5.73 Å². The molecule has 0 saturated carbocycles. The van der Waals surface area contributed by atoms with Crippen LogP contribution in [0.1, 0.15) is 5.69 Å². The van der Waals surface area contributed by atoms with Gasteiger partial charge in [0.25, 0.3) is 0 Å². The standard InChI is InChI=1S/C12H11N5/c13-8-10-2-1-9-7-11(3-4-12(9)15-10)17-6-5-14-16-17/h1-7H,8,13H2. The van der Waals surface area contributed by atoms with Crippen molar-refractivity contribution in [1.82, 2.24) is 20.0 Å². The lowest BCUT2D eigenvalue weighted by Gasteiger charge is -2.04. The average molecular weight is 225 g/mol. The molecule has 0 aliphatic carbocycles. The lowest BCUT2D eigenvalue weighted by molar-refractivity contribution is 0.804. The highest BCUT2D eigenvalue weighted by Gasteiger charge is 2.01. The highest BCUT2D eigenvalue weighted by atomic mass is 15.4. The van der Waals surface area contributed by atoms with Gasteiger partial charge >= 0.3 is 0 Å². The first-order valence-electron chi connectivity index (χ1n) is 5.33. The predicted octanol–water partition coefficient (Wildman–Crippen LogP) is 1.27. The van der Waals surface area contributed by atoms with E-state index < -0.39 is 0 Å². The summed E-state index contributed by atoms with van der Waals surface area (Å²) in [5, 5.41) is 8.81. The Bertz CT molecular complexity index is 645. The van der Waals surface area contributed by atoms with Crippen molar-refractivity contribution in [3.8, 4) is 5.69 Å². The number of nitrogens with two attached hydrogens (primary N) is 1. The lowest BCUT2D eigenvalue weighted by atomic mass is 10.2. The number of aromatic nitrogens is 4. The molecule has 0 amide bonds. The maximum atomic E-state index is 5.56. The smallest absolute Gasteiger partial charge is 0.0707 e. The minimum atomic E-state index is 0.459. The SMILES string of the molecule is NCc1ccc2cc(-n3ccnn3)ccc2n1. The molecule has 0 bridgehead atoms. The maximum Gasteiger partial charge on any atom is 0.0707 e. The first-order valence-corrected chi connectivity index (χ1v) is 5.33. The van der Waals surface area contributed by atoms with Crippen LogP contribution in [-0.2, 0) is 6.54 Å². The second kappa shape index (κ2) is 3.95. The Hall–Kier alpha value is -2.27. The number of nitrogens with zero attached hydrogens (tertiary/aromatic N) is 4. The molecule has 0 aliphatic rings. The Morgan fingerprint density at radius 3 is 2.88 bits per heavy atom. The molecule has 1 aromatic carbocycles. The molecule has 0 aliphatic heterocycles. The van der Waals surface area contributed by atoms with Gasteiger partial charge in [-0.3, -0.25) is 4.98 Å². The van der Waals surface area contributed by atoms with E-state index in [-0.39, 0.29) is 0 Å². The topological polar surface area (TPSA) is 69.6 Å². The van der Waals surface area contributed by atoms with Gasteiger partial charge in [0.1, 0.15) is 0 Å². The van der Waals surface area contributed by atoms with Gasteiger partial charge in [0.2, 0.25) is 0 Å². The molecule has 0 radical (unpaired) electrons. The summed E-state index contributed by atoms with van der Waals surface area (Å²) in [5.41, 5.74) is 8.37. The van der Waals surface area contributed by atoms with E-state index in [9.17, 15) is 0 Å². The van der Waals surface area contributed by atoms with Crippen molar-refractivity contribution in [3.63, 3.8) is 0 Å². The predicted molar refractivity (Wildman–Crippen MR) is 64.6 cm³/mol. The fourth-order valence-corrected chi connectivity index (χ4v) is 1.76. The average Bonchev–Trinajstić information content (AvgIpc) is 2.91. The molecule has 2 heterocycles. The molecule has 0 atom stereocenters. The lowest BCUT2D eigenvalue weighted by Crippen LogP contribution is -2.00. The van der Waals surface area contributed by atoms with Crippen LogP contribution in [-0.4, -0.2) is 20.0 Å². The Morgan fingerprint density at radius 1 is 1.18 bits per heavy atom. The van der Waals surface area contributed by atoms with Crippen LogP contribution in [0.2, 0.25) is 0 Å². The molecule has 5 nitrogen and oxygen atoms in total. The van der Waals surface area contributed by atoms with Crippen molar-refractivity contribution in [2.45, 2.75) is 6.54 Å². The zero-order chi connectivity index (χ0) is 11.7. The van der Waals surface area contributed by atoms with Crippen molar-refractivity contribution in [3.05, 3.63) is 48.4 Å². The van der Waals surface area contributed by atoms with Gasteiger partial charge in [-0.2, -0.15) is 0 Å². The summed E-state index contributed by atoms with van der Waals surface area (Å²) in [6.45, 7) is 0.459. The van der Waals surface area contributed by atoms with Crippen LogP contribution in [0, 0.1) is 0 Å². The summed E-state index contributed by atoms with van der Waals surface area (Å²) in [5.74, 6) is 0. The van der Waals surface area contributed by atoms with Crippen LogP contribution in [0.3, 0.4) is 0 Å². The van der Waals surface area contributed by atoms with Crippen molar-refractivity contribution in [2.24, 2.45) is 5.73 Å². The fraction of sp³-hybridized carbons (Fsp3) is 0.0833. The van der Waals surface area contributed by atoms with Gasteiger partial charge in [-0.05, 0) is 24.3 Å². The van der Waals surface area contributed by atoms with Crippen molar-refractivity contribution in [2.75, 3.05) is 0 Å². The van der Waals surface area contributed by atoms with E-state index in [0.717, 1.165) is 22.3 Å². The van der Waals surface area contributed by atoms with Crippen LogP contribution in [0.15, 0.2) is 42.7 Å². The summed E-state index contributed by atoms with van der Waals surface area (Å²) in [7, 11) is 0. The normalized spacial score (nSPS) is 10.9. The summed E-state index contributed by atoms with van der Waals surface area (Å²) < 4.78 is 1.72. The van der Waals surface area contributed by atoms with E-state index in [1.165, 1.54) is 0 Å². The second-order valence-corrected chi connectivity index (χ2v) is 3.73. The zero-order valence-electron chi connectivity index (χ0n) is 9.11. The van der Waals surface area contributed by atoms with Gasteiger partial charge in [-0.15, -0.1) is 5.10 Å². The van der Waals surface area contributed by atoms with E-state index in [1.54, 1.807) is 10.9 Å². The molecule has 84 valence electrons. The van der Waals surface area contributed by atoms with Crippen LogP contribution in [0.5, 0.6) is 0 Å². The number of pyridine rings is 1. The minimum Gasteiger partial charge on any atom is -0.325 e. The molecule has 0 fully saturated rings. The number of benzene rings is 1. The summed E-state index contributed by atoms with van der Waals surface area (Å²) in [6, 6.07) is 9.91. The third kappa shape index (κ3) is 1.76. The van der Waals surface area contributed by atoms with Crippen molar-refractivity contribution in [1.29, 1.82) is 0 Å². The molecule has 2 N–H and O–H groups in total. The van der Waals surface area contributed by atoms with E-state index in [4.69, 9.17) is 5.73 Å². The Morgan fingerprint density at radius 2 is 2.12 bits per heavy atom. The van der Waals surface area contributed by atoms with E-state index in [2.05, 4.69) is 15.3 Å². The number of fused-ring (bicyclic) bond motifs is 1. The van der Waals surface area contributed by atoms with E-state index in [0.29, 0.717) is 6.54 Å². The zero-order valence-corrected chi connectivity index (χ0v) is 9.11. The Kier molecular flexibility index (Phi) is 2.31. The molecule has 0 saturated heterocycles. The van der Waals surface area contributed by atoms with Gasteiger partial charge < -0.3 is 5.73 Å². The molecule has 0 spiro atoms. The monoisotopic (exact) mass is 225 g/mol. The summed E-state index contributed by atoms with van der Waals surface area (Å²) in [6.07, 6.45) is 3.46. The highest BCUT2D eigenvalue weighted by molar-refractivity contribution is 5.80. The van der Waals surface area contributed by atoms with E-state index >= 15 is 0 Å². The van der Waals surface area contributed by atoms with Gasteiger partial charge in [0.15, 0.2) is 0 Å². The van der Waals surface area contributed by atoms with E-state index in [1.807, 2.05) is 36.5 Å². The van der Waals surface area contributed by atoms with Crippen molar-refractivity contribution >= 4 is 10.9 Å². The fourth-order valence-electron chi connectivity index (χ4n) is 1.76. The number of hydrogen-bond donors (Lipinski definition) is 1. The molecule has 3 aromatic rings. The largest absolute Gasteiger partial charge is 0.325 e. The third-order valence-corrected chi connectivity index (χ3v) is 2.63. The maximum absolute atomic E-state index is 5.56. The molecule has 0 unspecified atom stereocenters. The summed E-state index contributed by atoms with van der Waals surface area (Å²) >= 11 is 0. The molecule has 17 heavy (non-hydrogen) atoms. The first-order chi connectivity index (χ1) is 8.36.